The van der Waals surface area contributed by atoms with Crippen LogP contribution in [0.5, 0.6) is 0 Å². The van der Waals surface area contributed by atoms with E-state index in [0.717, 1.165) is 53.3 Å². The van der Waals surface area contributed by atoms with Crippen LogP contribution in [0.25, 0.3) is 16.7 Å². The summed E-state index contributed by atoms with van der Waals surface area (Å²) in [7, 11) is -3.78. The van der Waals surface area contributed by atoms with Crippen molar-refractivity contribution in [2.75, 3.05) is 31.1 Å². The van der Waals surface area contributed by atoms with Crippen LogP contribution in [0.15, 0.2) is 59.5 Å². The summed E-state index contributed by atoms with van der Waals surface area (Å²) in [5.41, 5.74) is 2.31. The third-order valence-corrected chi connectivity index (χ3v) is 8.62. The molecular formula is C26H29N7O4S. The van der Waals surface area contributed by atoms with E-state index in [2.05, 4.69) is 11.8 Å². The maximum absolute atomic E-state index is 13.2. The van der Waals surface area contributed by atoms with Crippen molar-refractivity contribution < 1.29 is 13.3 Å². The van der Waals surface area contributed by atoms with Gasteiger partial charge in [0.15, 0.2) is 5.65 Å². The van der Waals surface area contributed by atoms with Gasteiger partial charge in [-0.15, -0.1) is 0 Å². The van der Waals surface area contributed by atoms with Crippen LogP contribution in [-0.2, 0) is 16.4 Å². The number of hydrogen-bond donors (Lipinski definition) is 0. The summed E-state index contributed by atoms with van der Waals surface area (Å²) in [6.07, 6.45) is 2.73. The number of piperazine rings is 1. The molecule has 2 aromatic carbocycles. The third-order valence-electron chi connectivity index (χ3n) is 6.71. The smallest absolute Gasteiger partial charge is 0.269 e. The van der Waals surface area contributed by atoms with Gasteiger partial charge in [0.1, 0.15) is 11.6 Å². The molecule has 1 saturated heterocycles. The second kappa shape index (κ2) is 10.5. The van der Waals surface area contributed by atoms with Gasteiger partial charge in [0.05, 0.1) is 26.6 Å². The van der Waals surface area contributed by atoms with Gasteiger partial charge >= 0.3 is 0 Å². The molecule has 0 unspecified atom stereocenters. The van der Waals surface area contributed by atoms with Crippen molar-refractivity contribution in [2.24, 2.45) is 0 Å². The van der Waals surface area contributed by atoms with E-state index in [0.29, 0.717) is 13.1 Å². The first kappa shape index (κ1) is 25.7. The lowest BCUT2D eigenvalue weighted by Crippen LogP contribution is -2.49. The van der Waals surface area contributed by atoms with Crippen LogP contribution in [0.4, 0.5) is 11.5 Å². The first-order valence-electron chi connectivity index (χ1n) is 12.6. The van der Waals surface area contributed by atoms with Gasteiger partial charge in [0.2, 0.25) is 10.0 Å². The van der Waals surface area contributed by atoms with E-state index in [4.69, 9.17) is 15.1 Å². The molecule has 1 aliphatic rings. The van der Waals surface area contributed by atoms with Crippen LogP contribution >= 0.6 is 0 Å². The van der Waals surface area contributed by atoms with Crippen LogP contribution in [0.1, 0.15) is 31.3 Å². The molecule has 3 heterocycles. The highest BCUT2D eigenvalue weighted by Crippen LogP contribution is 2.31. The second-order valence-electron chi connectivity index (χ2n) is 9.24. The van der Waals surface area contributed by atoms with Gasteiger partial charge in [0, 0.05) is 44.7 Å². The fraction of sp³-hybridized carbons (Fsp3) is 0.346. The number of anilines is 1. The molecule has 0 spiro atoms. The maximum Gasteiger partial charge on any atom is 0.269 e. The number of para-hydroxylation sites is 1. The normalized spacial score (nSPS) is 14.7. The summed E-state index contributed by atoms with van der Waals surface area (Å²) in [4.78, 5) is 22.4. The number of sulfonamides is 1. The number of unbranched alkanes of at least 4 members (excludes halogenated alkanes) is 1. The van der Waals surface area contributed by atoms with Crippen LogP contribution in [-0.4, -0.2) is 63.6 Å². The Hall–Kier alpha value is -3.90. The molecular weight excluding hydrogens is 506 g/mol. The number of hydrogen-bond acceptors (Lipinski definition) is 8. The molecule has 0 atom stereocenters. The van der Waals surface area contributed by atoms with Crippen LogP contribution in [0.3, 0.4) is 0 Å². The van der Waals surface area contributed by atoms with Crippen molar-refractivity contribution in [1.82, 2.24) is 24.1 Å². The van der Waals surface area contributed by atoms with Gasteiger partial charge in [-0.3, -0.25) is 10.1 Å². The molecule has 12 heteroatoms. The fourth-order valence-corrected chi connectivity index (χ4v) is 6.08. The fourth-order valence-electron chi connectivity index (χ4n) is 4.66. The largest absolute Gasteiger partial charge is 0.353 e. The van der Waals surface area contributed by atoms with Gasteiger partial charge < -0.3 is 4.90 Å². The SMILES string of the molecule is CCCCc1nc(N2CCN(S(=O)(=O)c3ccc([N+](=O)[O-])cc3)CC2)c2c(C)nn(-c3ccccc3)c2n1. The molecule has 5 rings (SSSR count). The molecule has 0 N–H and O–H groups in total. The van der Waals surface area contributed by atoms with Gasteiger partial charge in [-0.05, 0) is 37.6 Å². The van der Waals surface area contributed by atoms with E-state index in [9.17, 15) is 18.5 Å². The first-order chi connectivity index (χ1) is 18.3. The van der Waals surface area contributed by atoms with Gasteiger partial charge in [0.25, 0.3) is 5.69 Å². The predicted molar refractivity (Wildman–Crippen MR) is 144 cm³/mol. The lowest BCUT2D eigenvalue weighted by Gasteiger charge is -2.35. The summed E-state index contributed by atoms with van der Waals surface area (Å²) < 4.78 is 29.7. The maximum atomic E-state index is 13.2. The Kier molecular flexibility index (Phi) is 7.09. The number of benzene rings is 2. The lowest BCUT2D eigenvalue weighted by molar-refractivity contribution is -0.384. The molecule has 0 saturated carbocycles. The van der Waals surface area contributed by atoms with Crippen molar-refractivity contribution >= 4 is 32.6 Å². The van der Waals surface area contributed by atoms with Crippen LogP contribution < -0.4 is 4.90 Å². The van der Waals surface area contributed by atoms with E-state index in [-0.39, 0.29) is 23.7 Å². The Labute approximate surface area is 220 Å². The number of non-ortho nitro benzene ring substituents is 1. The quantitative estimate of drug-likeness (QED) is 0.246. The topological polar surface area (TPSA) is 127 Å². The zero-order valence-corrected chi connectivity index (χ0v) is 22.1. The average molecular weight is 536 g/mol. The molecule has 1 aliphatic heterocycles. The van der Waals surface area contributed by atoms with Gasteiger partial charge in [-0.25, -0.2) is 23.1 Å². The number of nitro groups is 1. The highest BCUT2D eigenvalue weighted by molar-refractivity contribution is 7.89. The molecule has 0 bridgehead atoms. The van der Waals surface area contributed by atoms with Crippen LogP contribution in [0, 0.1) is 17.0 Å². The van der Waals surface area contributed by atoms with E-state index < -0.39 is 14.9 Å². The van der Waals surface area contributed by atoms with Crippen molar-refractivity contribution in [1.29, 1.82) is 0 Å². The standard InChI is InChI=1S/C26H29N7O4S/c1-3-4-10-23-27-25(24-19(2)29-32(26(24)28-23)20-8-6-5-7-9-20)30-15-17-31(18-16-30)38(36,37)22-13-11-21(12-14-22)33(34)35/h5-9,11-14H,3-4,10,15-18H2,1-2H3. The van der Waals surface area contributed by atoms with Crippen molar-refractivity contribution in [3.8, 4) is 5.69 Å². The first-order valence-corrected chi connectivity index (χ1v) is 14.0. The Balaban J connectivity index is 1.45. The zero-order valence-electron chi connectivity index (χ0n) is 21.3. The highest BCUT2D eigenvalue weighted by atomic mass is 32.2. The molecule has 4 aromatic rings. The zero-order chi connectivity index (χ0) is 26.9. The Morgan fingerprint density at radius 3 is 2.29 bits per heavy atom. The summed E-state index contributed by atoms with van der Waals surface area (Å²) in [6, 6.07) is 14.9. The summed E-state index contributed by atoms with van der Waals surface area (Å²) in [5, 5.41) is 16.6. The molecule has 11 nitrogen and oxygen atoms in total. The monoisotopic (exact) mass is 535 g/mol. The average Bonchev–Trinajstić information content (AvgIpc) is 3.28. The van der Waals surface area contributed by atoms with E-state index >= 15 is 0 Å². The Bertz CT molecular complexity index is 1560. The summed E-state index contributed by atoms with van der Waals surface area (Å²) >= 11 is 0. The van der Waals surface area contributed by atoms with Crippen molar-refractivity contribution in [3.05, 3.63) is 76.2 Å². The number of rotatable bonds is 8. The minimum absolute atomic E-state index is 0.0443. The number of aromatic nitrogens is 4. The number of fused-ring (bicyclic) bond motifs is 1. The Morgan fingerprint density at radius 2 is 1.66 bits per heavy atom. The summed E-state index contributed by atoms with van der Waals surface area (Å²) in [6.45, 7) is 5.49. The van der Waals surface area contributed by atoms with Crippen molar-refractivity contribution in [3.63, 3.8) is 0 Å². The molecule has 2 aromatic heterocycles. The predicted octanol–water partition coefficient (Wildman–Crippen LogP) is 3.89. The van der Waals surface area contributed by atoms with E-state index in [1.807, 2.05) is 41.9 Å². The molecule has 0 radical (unpaired) electrons. The summed E-state index contributed by atoms with van der Waals surface area (Å²) in [5.74, 6) is 1.51. The highest BCUT2D eigenvalue weighted by Gasteiger charge is 2.31. The Morgan fingerprint density at radius 1 is 0.974 bits per heavy atom. The molecule has 1 fully saturated rings. The molecule has 198 valence electrons. The number of aryl methyl sites for hydroxylation is 2. The lowest BCUT2D eigenvalue weighted by atomic mass is 10.2. The van der Waals surface area contributed by atoms with E-state index in [1.54, 1.807) is 0 Å². The van der Waals surface area contributed by atoms with Gasteiger partial charge in [-0.1, -0.05) is 31.5 Å². The van der Waals surface area contributed by atoms with Crippen molar-refractivity contribution in [2.45, 2.75) is 38.0 Å². The van der Waals surface area contributed by atoms with Gasteiger partial charge in [-0.2, -0.15) is 9.40 Å². The third kappa shape index (κ3) is 4.84. The molecule has 0 aliphatic carbocycles. The second-order valence-corrected chi connectivity index (χ2v) is 11.2. The minimum Gasteiger partial charge on any atom is -0.353 e. The number of nitrogens with zero attached hydrogens (tertiary/aromatic N) is 7. The van der Waals surface area contributed by atoms with Crippen LogP contribution in [0.2, 0.25) is 0 Å². The molecule has 0 amide bonds. The minimum atomic E-state index is -3.78. The number of nitro benzene ring substituents is 1. The molecule has 38 heavy (non-hydrogen) atoms. The van der Waals surface area contributed by atoms with E-state index in [1.165, 1.54) is 28.6 Å².